The zero-order valence-electron chi connectivity index (χ0n) is 12.3. The zero-order chi connectivity index (χ0) is 16.7. The summed E-state index contributed by atoms with van der Waals surface area (Å²) in [5.41, 5.74) is 1.91. The Bertz CT molecular complexity index is 780. The van der Waals surface area contributed by atoms with Crippen molar-refractivity contribution in [1.29, 1.82) is 0 Å². The van der Waals surface area contributed by atoms with Crippen LogP contribution < -0.4 is 0 Å². The highest BCUT2D eigenvalue weighted by molar-refractivity contribution is 7.90. The van der Waals surface area contributed by atoms with Crippen molar-refractivity contribution in [1.82, 2.24) is 0 Å². The van der Waals surface area contributed by atoms with Gasteiger partial charge >= 0.3 is 0 Å². The number of nitrogens with zero attached hydrogens (tertiary/aromatic N) is 1. The fraction of sp³-hybridized carbons (Fsp3) is 0.333. The molecule has 0 spiro atoms. The van der Waals surface area contributed by atoms with Gasteiger partial charge in [0.1, 0.15) is 10.8 Å². The van der Waals surface area contributed by atoms with E-state index in [-0.39, 0.29) is 16.4 Å². The lowest BCUT2D eigenvalue weighted by atomic mass is 9.90. The van der Waals surface area contributed by atoms with Crippen molar-refractivity contribution in [2.24, 2.45) is 4.40 Å². The molecule has 0 aliphatic heterocycles. The maximum atomic E-state index is 12.4. The number of allylic oxidation sites excluding steroid dienone is 2. The predicted molar refractivity (Wildman–Crippen MR) is 88.5 cm³/mol. The number of carbonyl (C=O) groups is 1. The molecule has 118 valence electrons. The highest BCUT2D eigenvalue weighted by Gasteiger charge is 2.37. The molecule has 7 heteroatoms. The number of Topliss-reactive ketones (excluding diaryl/α,β-unsaturated/α-hetero) is 1. The molecule has 0 saturated carbocycles. The number of sulfonamides is 1. The molecule has 1 aliphatic carbocycles. The second-order valence-electron chi connectivity index (χ2n) is 5.18. The Balaban J connectivity index is 2.55. The summed E-state index contributed by atoms with van der Waals surface area (Å²) in [5, 5.41) is -1.99. The first kappa shape index (κ1) is 17.2. The van der Waals surface area contributed by atoms with Crippen LogP contribution in [0.5, 0.6) is 0 Å². The smallest absolute Gasteiger partial charge is 0.282 e. The van der Waals surface area contributed by atoms with Crippen LogP contribution in [0.2, 0.25) is 0 Å². The van der Waals surface area contributed by atoms with E-state index in [4.69, 9.17) is 23.2 Å². The number of aryl methyl sites for hydroxylation is 1. The summed E-state index contributed by atoms with van der Waals surface area (Å²) in [4.78, 5) is 12.0. The molecule has 0 fully saturated rings. The van der Waals surface area contributed by atoms with Gasteiger partial charge in [-0.05, 0) is 44.1 Å². The number of halogens is 2. The normalized spacial score (nSPS) is 25.0. The molecule has 0 bridgehead atoms. The van der Waals surface area contributed by atoms with Gasteiger partial charge in [0.15, 0.2) is 5.78 Å². The molecule has 0 N–H and O–H groups in total. The van der Waals surface area contributed by atoms with Crippen molar-refractivity contribution in [3.63, 3.8) is 0 Å². The molecule has 4 nitrogen and oxygen atoms in total. The summed E-state index contributed by atoms with van der Waals surface area (Å²) in [6.07, 6.45) is 0. The Morgan fingerprint density at radius 2 is 1.50 bits per heavy atom. The van der Waals surface area contributed by atoms with E-state index < -0.39 is 20.8 Å². The van der Waals surface area contributed by atoms with E-state index in [9.17, 15) is 13.2 Å². The van der Waals surface area contributed by atoms with E-state index in [1.807, 2.05) is 6.92 Å². The molecule has 1 aliphatic rings. The van der Waals surface area contributed by atoms with Crippen LogP contribution in [0, 0.1) is 6.92 Å². The average Bonchev–Trinajstić information content (AvgIpc) is 2.48. The van der Waals surface area contributed by atoms with Crippen LogP contribution in [0.25, 0.3) is 0 Å². The number of hydrogen-bond donors (Lipinski definition) is 0. The maximum Gasteiger partial charge on any atom is 0.282 e. The molecule has 2 rings (SSSR count). The number of carbonyl (C=O) groups excluding carboxylic acids is 1. The third-order valence-corrected chi connectivity index (χ3v) is 5.97. The second-order valence-corrected chi connectivity index (χ2v) is 7.73. The molecular formula is C15H15Cl2NO3S. The van der Waals surface area contributed by atoms with Crippen LogP contribution in [0.15, 0.2) is 44.7 Å². The topological polar surface area (TPSA) is 63.6 Å². The highest BCUT2D eigenvalue weighted by Crippen LogP contribution is 2.29. The largest absolute Gasteiger partial charge is 0.293 e. The van der Waals surface area contributed by atoms with Gasteiger partial charge in [-0.3, -0.25) is 4.79 Å². The van der Waals surface area contributed by atoms with Gasteiger partial charge in [0.25, 0.3) is 10.0 Å². The molecule has 0 radical (unpaired) electrons. The SMILES string of the molecule is CC1=C(C)C(=NS(=O)(=O)c2ccc(C)cc2)C(Cl)C(Cl)C1=O. The fourth-order valence-electron chi connectivity index (χ4n) is 2.07. The lowest BCUT2D eigenvalue weighted by molar-refractivity contribution is -0.115. The van der Waals surface area contributed by atoms with Gasteiger partial charge in [-0.25, -0.2) is 0 Å². The lowest BCUT2D eigenvalue weighted by Crippen LogP contribution is -2.39. The first-order chi connectivity index (χ1) is 10.1. The van der Waals surface area contributed by atoms with Gasteiger partial charge in [-0.2, -0.15) is 12.8 Å². The Labute approximate surface area is 139 Å². The van der Waals surface area contributed by atoms with Crippen LogP contribution in [0.1, 0.15) is 19.4 Å². The van der Waals surface area contributed by atoms with Gasteiger partial charge in [0.2, 0.25) is 0 Å². The van der Waals surface area contributed by atoms with Crippen molar-refractivity contribution >= 4 is 44.7 Å². The van der Waals surface area contributed by atoms with Crippen LogP contribution in [0.3, 0.4) is 0 Å². The fourth-order valence-corrected chi connectivity index (χ4v) is 3.84. The molecule has 0 aromatic heterocycles. The molecule has 1 aromatic rings. The van der Waals surface area contributed by atoms with Crippen LogP contribution in [0.4, 0.5) is 0 Å². The predicted octanol–water partition coefficient (Wildman–Crippen LogP) is 3.26. The summed E-state index contributed by atoms with van der Waals surface area (Å²) in [6.45, 7) is 5.07. The maximum absolute atomic E-state index is 12.4. The molecule has 2 atom stereocenters. The number of ketones is 1. The van der Waals surface area contributed by atoms with Crippen molar-refractivity contribution < 1.29 is 13.2 Å². The van der Waals surface area contributed by atoms with E-state index in [2.05, 4.69) is 4.40 Å². The Hall–Kier alpha value is -1.17. The average molecular weight is 360 g/mol. The van der Waals surface area contributed by atoms with Gasteiger partial charge in [-0.15, -0.1) is 23.2 Å². The monoisotopic (exact) mass is 359 g/mol. The first-order valence-corrected chi connectivity index (χ1v) is 8.88. The molecule has 2 unspecified atom stereocenters. The molecule has 0 saturated heterocycles. The standard InChI is InChI=1S/C15H15Cl2NO3S/c1-8-4-6-11(7-5-8)22(20,21)18-14-9(2)10(3)15(19)13(17)12(14)16/h4-7,12-13H,1-3H3. The lowest BCUT2D eigenvalue weighted by Gasteiger charge is -2.25. The molecule has 0 amide bonds. The summed E-state index contributed by atoms with van der Waals surface area (Å²) < 4.78 is 28.6. The van der Waals surface area contributed by atoms with E-state index in [0.29, 0.717) is 11.1 Å². The molecule has 0 heterocycles. The number of rotatable bonds is 2. The van der Waals surface area contributed by atoms with E-state index in [1.165, 1.54) is 12.1 Å². The number of alkyl halides is 2. The first-order valence-electron chi connectivity index (χ1n) is 6.57. The quantitative estimate of drug-likeness (QED) is 0.761. The van der Waals surface area contributed by atoms with Gasteiger partial charge in [0, 0.05) is 0 Å². The third kappa shape index (κ3) is 3.12. The van der Waals surface area contributed by atoms with Gasteiger partial charge in [-0.1, -0.05) is 17.7 Å². The Kier molecular flexibility index (Phi) is 4.80. The zero-order valence-corrected chi connectivity index (χ0v) is 14.6. The minimum Gasteiger partial charge on any atom is -0.293 e. The van der Waals surface area contributed by atoms with Crippen LogP contribution >= 0.6 is 23.2 Å². The summed E-state index contributed by atoms with van der Waals surface area (Å²) in [5.74, 6) is -0.300. The Morgan fingerprint density at radius 3 is 2.05 bits per heavy atom. The second kappa shape index (κ2) is 6.14. The summed E-state index contributed by atoms with van der Waals surface area (Å²) in [6, 6.07) is 6.34. The summed E-state index contributed by atoms with van der Waals surface area (Å²) >= 11 is 12.1. The van der Waals surface area contributed by atoms with Crippen LogP contribution in [-0.2, 0) is 14.8 Å². The van der Waals surface area contributed by atoms with E-state index >= 15 is 0 Å². The molecule has 22 heavy (non-hydrogen) atoms. The Morgan fingerprint density at radius 1 is 0.955 bits per heavy atom. The molecule has 1 aromatic carbocycles. The number of benzene rings is 1. The highest BCUT2D eigenvalue weighted by atomic mass is 35.5. The summed E-state index contributed by atoms with van der Waals surface area (Å²) in [7, 11) is -3.91. The van der Waals surface area contributed by atoms with Crippen molar-refractivity contribution in [2.75, 3.05) is 0 Å². The van der Waals surface area contributed by atoms with E-state index in [0.717, 1.165) is 5.56 Å². The third-order valence-electron chi connectivity index (χ3n) is 3.62. The van der Waals surface area contributed by atoms with Crippen molar-refractivity contribution in [3.05, 3.63) is 41.0 Å². The number of hydrogen-bond acceptors (Lipinski definition) is 3. The van der Waals surface area contributed by atoms with Gasteiger partial charge < -0.3 is 0 Å². The van der Waals surface area contributed by atoms with Crippen LogP contribution in [-0.4, -0.2) is 30.7 Å². The minimum absolute atomic E-state index is 0.0722. The van der Waals surface area contributed by atoms with Gasteiger partial charge in [0.05, 0.1) is 10.6 Å². The van der Waals surface area contributed by atoms with Crippen molar-refractivity contribution in [2.45, 2.75) is 36.4 Å². The van der Waals surface area contributed by atoms with E-state index in [1.54, 1.807) is 26.0 Å². The molecular weight excluding hydrogens is 345 g/mol. The minimum atomic E-state index is -3.91. The van der Waals surface area contributed by atoms with Crippen molar-refractivity contribution in [3.8, 4) is 0 Å².